The number of halogens is 1. The number of nitrogens with two attached hydrogens (primary N) is 1. The van der Waals surface area contributed by atoms with Gasteiger partial charge in [-0.3, -0.25) is 20.4 Å². The molecule has 1 aromatic carbocycles. The molecule has 0 bridgehead atoms. The van der Waals surface area contributed by atoms with E-state index in [9.17, 15) is 18.0 Å². The maximum Gasteiger partial charge on any atom is 0.269 e. The summed E-state index contributed by atoms with van der Waals surface area (Å²) >= 11 is 5.70. The predicted molar refractivity (Wildman–Crippen MR) is 71.2 cm³/mol. The Morgan fingerprint density at radius 3 is 2.45 bits per heavy atom. The van der Waals surface area contributed by atoms with E-state index in [2.05, 4.69) is 10.9 Å². The monoisotopic (exact) mass is 317 g/mol. The van der Waals surface area contributed by atoms with Crippen molar-refractivity contribution in [1.29, 1.82) is 0 Å². The minimum Gasteiger partial charge on any atom is -0.273 e. The minimum atomic E-state index is -4.02. The normalized spacial score (nSPS) is 14.7. The first kappa shape index (κ1) is 14.8. The fraction of sp³-hybridized carbons (Fsp3) is 0.273. The molecule has 20 heavy (non-hydrogen) atoms. The second-order valence-corrected chi connectivity index (χ2v) is 6.34. The summed E-state index contributed by atoms with van der Waals surface area (Å²) in [5.41, 5.74) is 4.49. The van der Waals surface area contributed by atoms with Crippen LogP contribution in [0.5, 0.6) is 0 Å². The highest BCUT2D eigenvalue weighted by molar-refractivity contribution is 7.89. The zero-order valence-corrected chi connectivity index (χ0v) is 11.8. The topological polar surface area (TPSA) is 118 Å². The Labute approximate surface area is 120 Å². The molecular formula is C11H12ClN3O4S. The first-order chi connectivity index (χ1) is 9.29. The molecule has 1 fully saturated rings. The molecule has 0 radical (unpaired) electrons. The summed E-state index contributed by atoms with van der Waals surface area (Å²) in [7, 11) is -4.02. The number of nitrogens with one attached hydrogen (secondary N) is 2. The van der Waals surface area contributed by atoms with Gasteiger partial charge < -0.3 is 0 Å². The molecule has 0 atom stereocenters. The van der Waals surface area contributed by atoms with Crippen LogP contribution in [0.4, 0.5) is 0 Å². The van der Waals surface area contributed by atoms with Crippen LogP contribution in [0.25, 0.3) is 0 Å². The molecule has 1 saturated carbocycles. The van der Waals surface area contributed by atoms with Gasteiger partial charge in [0.1, 0.15) is 4.90 Å². The van der Waals surface area contributed by atoms with Gasteiger partial charge in [-0.2, -0.15) is 0 Å². The predicted octanol–water partition coefficient (Wildman–Crippen LogP) is 0.158. The molecule has 1 aromatic rings. The van der Waals surface area contributed by atoms with Crippen LogP contribution in [-0.4, -0.2) is 20.2 Å². The molecule has 2 rings (SSSR count). The van der Waals surface area contributed by atoms with Crippen molar-refractivity contribution in [3.05, 3.63) is 28.8 Å². The van der Waals surface area contributed by atoms with E-state index in [-0.39, 0.29) is 27.3 Å². The number of rotatable bonds is 3. The van der Waals surface area contributed by atoms with Crippen LogP contribution in [0.1, 0.15) is 23.2 Å². The Morgan fingerprint density at radius 2 is 1.90 bits per heavy atom. The van der Waals surface area contributed by atoms with Crippen LogP contribution >= 0.6 is 11.6 Å². The van der Waals surface area contributed by atoms with E-state index in [1.54, 1.807) is 0 Å². The van der Waals surface area contributed by atoms with Gasteiger partial charge >= 0.3 is 0 Å². The molecule has 2 amide bonds. The molecule has 7 nitrogen and oxygen atoms in total. The Bertz CT molecular complexity index is 670. The summed E-state index contributed by atoms with van der Waals surface area (Å²) in [5.74, 6) is -0.972. The number of primary sulfonamides is 1. The van der Waals surface area contributed by atoms with Crippen molar-refractivity contribution in [3.8, 4) is 0 Å². The number of hydrogen-bond donors (Lipinski definition) is 3. The van der Waals surface area contributed by atoms with Crippen LogP contribution in [-0.2, 0) is 14.8 Å². The maximum absolute atomic E-state index is 11.8. The molecule has 108 valence electrons. The SMILES string of the molecule is NS(=O)(=O)c1cc(C(=O)NNC(=O)C2CC2)ccc1Cl. The van der Waals surface area contributed by atoms with Crippen molar-refractivity contribution in [2.24, 2.45) is 11.1 Å². The number of carbonyl (C=O) groups is 2. The minimum absolute atomic E-state index is 0.0227. The highest BCUT2D eigenvalue weighted by atomic mass is 35.5. The van der Waals surface area contributed by atoms with Crippen molar-refractivity contribution in [1.82, 2.24) is 10.9 Å². The Kier molecular flexibility index (Phi) is 3.98. The zero-order chi connectivity index (χ0) is 14.9. The quantitative estimate of drug-likeness (QED) is 0.688. The lowest BCUT2D eigenvalue weighted by Gasteiger charge is -2.08. The summed E-state index contributed by atoms with van der Waals surface area (Å²) in [6.45, 7) is 0. The number of hydrazine groups is 1. The van der Waals surface area contributed by atoms with E-state index in [0.29, 0.717) is 0 Å². The third kappa shape index (κ3) is 3.47. The highest BCUT2D eigenvalue weighted by Crippen LogP contribution is 2.28. The van der Waals surface area contributed by atoms with Gasteiger partial charge in [-0.25, -0.2) is 13.6 Å². The Morgan fingerprint density at radius 1 is 1.25 bits per heavy atom. The van der Waals surface area contributed by atoms with E-state index >= 15 is 0 Å². The molecule has 9 heteroatoms. The first-order valence-electron chi connectivity index (χ1n) is 5.71. The third-order valence-electron chi connectivity index (χ3n) is 2.75. The van der Waals surface area contributed by atoms with Gasteiger partial charge in [-0.1, -0.05) is 11.6 Å². The molecule has 1 aliphatic carbocycles. The second-order valence-electron chi connectivity index (χ2n) is 4.41. The number of sulfonamides is 1. The second kappa shape index (κ2) is 5.39. The smallest absolute Gasteiger partial charge is 0.269 e. The summed E-state index contributed by atoms with van der Waals surface area (Å²) in [6, 6.07) is 3.63. The Balaban J connectivity index is 2.11. The van der Waals surface area contributed by atoms with Crippen molar-refractivity contribution in [2.45, 2.75) is 17.7 Å². The van der Waals surface area contributed by atoms with Gasteiger partial charge in [0.25, 0.3) is 5.91 Å². The fourth-order valence-electron chi connectivity index (χ4n) is 1.50. The molecule has 0 saturated heterocycles. The average molecular weight is 318 g/mol. The van der Waals surface area contributed by atoms with Gasteiger partial charge in [-0.05, 0) is 31.0 Å². The summed E-state index contributed by atoms with van der Waals surface area (Å²) < 4.78 is 22.6. The van der Waals surface area contributed by atoms with E-state index in [0.717, 1.165) is 18.9 Å². The van der Waals surface area contributed by atoms with Crippen LogP contribution < -0.4 is 16.0 Å². The largest absolute Gasteiger partial charge is 0.273 e. The summed E-state index contributed by atoms with van der Waals surface area (Å²) in [4.78, 5) is 22.8. The number of carbonyl (C=O) groups excluding carboxylic acids is 2. The number of amides is 2. The van der Waals surface area contributed by atoms with Crippen molar-refractivity contribution in [3.63, 3.8) is 0 Å². The lowest BCUT2D eigenvalue weighted by molar-refractivity contribution is -0.123. The fourth-order valence-corrected chi connectivity index (χ4v) is 2.57. The van der Waals surface area contributed by atoms with Crippen molar-refractivity contribution >= 4 is 33.4 Å². The molecule has 0 spiro atoms. The number of benzene rings is 1. The molecule has 0 aromatic heterocycles. The highest BCUT2D eigenvalue weighted by Gasteiger charge is 2.29. The molecular weight excluding hydrogens is 306 g/mol. The summed E-state index contributed by atoms with van der Waals surface area (Å²) in [6.07, 6.45) is 1.61. The van der Waals surface area contributed by atoms with Gasteiger partial charge in [-0.15, -0.1) is 0 Å². The van der Waals surface area contributed by atoms with Crippen LogP contribution in [0.2, 0.25) is 5.02 Å². The van der Waals surface area contributed by atoms with Crippen LogP contribution in [0.15, 0.2) is 23.1 Å². The molecule has 4 N–H and O–H groups in total. The van der Waals surface area contributed by atoms with Crippen LogP contribution in [0.3, 0.4) is 0 Å². The van der Waals surface area contributed by atoms with Gasteiger partial charge in [0.15, 0.2) is 0 Å². The van der Waals surface area contributed by atoms with E-state index < -0.39 is 15.9 Å². The van der Waals surface area contributed by atoms with E-state index in [1.165, 1.54) is 12.1 Å². The maximum atomic E-state index is 11.8. The van der Waals surface area contributed by atoms with Gasteiger partial charge in [0.05, 0.1) is 5.02 Å². The van der Waals surface area contributed by atoms with Gasteiger partial charge in [0, 0.05) is 11.5 Å². The van der Waals surface area contributed by atoms with Crippen molar-refractivity contribution in [2.75, 3.05) is 0 Å². The average Bonchev–Trinajstić information content (AvgIpc) is 3.18. The molecule has 1 aliphatic rings. The summed E-state index contributed by atoms with van der Waals surface area (Å²) in [5, 5.41) is 4.91. The standard InChI is InChI=1S/C11H12ClN3O4S/c12-8-4-3-7(5-9(8)20(13,18)19)11(17)15-14-10(16)6-1-2-6/h3-6H,1-2H2,(H,14,16)(H,15,17)(H2,13,18,19). The van der Waals surface area contributed by atoms with E-state index in [4.69, 9.17) is 16.7 Å². The van der Waals surface area contributed by atoms with E-state index in [1.807, 2.05) is 0 Å². The lowest BCUT2D eigenvalue weighted by atomic mass is 10.2. The first-order valence-corrected chi connectivity index (χ1v) is 7.64. The molecule has 0 unspecified atom stereocenters. The molecule has 0 heterocycles. The zero-order valence-electron chi connectivity index (χ0n) is 10.2. The Hall–Kier alpha value is -1.64. The molecule has 0 aliphatic heterocycles. The number of hydrogen-bond acceptors (Lipinski definition) is 4. The van der Waals surface area contributed by atoms with Crippen molar-refractivity contribution < 1.29 is 18.0 Å². The van der Waals surface area contributed by atoms with Crippen LogP contribution in [0, 0.1) is 5.92 Å². The van der Waals surface area contributed by atoms with Gasteiger partial charge in [0.2, 0.25) is 15.9 Å². The third-order valence-corrected chi connectivity index (χ3v) is 4.14. The lowest BCUT2D eigenvalue weighted by Crippen LogP contribution is -2.42.